The van der Waals surface area contributed by atoms with Gasteiger partial charge in [0.25, 0.3) is 0 Å². The van der Waals surface area contributed by atoms with E-state index in [9.17, 15) is 4.21 Å². The first-order valence-corrected chi connectivity index (χ1v) is 3.94. The molecule has 0 aliphatic carbocycles. The fraction of sp³-hybridized carbons (Fsp3) is 1.00. The lowest BCUT2D eigenvalue weighted by atomic mass is 10.2. The maximum absolute atomic E-state index is 10.6. The monoisotopic (exact) mass is 150 g/mol. The molecule has 1 aliphatic rings. The molecular weight excluding hydrogens is 140 g/mol. The lowest BCUT2D eigenvalue weighted by Gasteiger charge is -2.22. The fourth-order valence-electron chi connectivity index (χ4n) is 0.837. The van der Waals surface area contributed by atoms with Gasteiger partial charge in [0.15, 0.2) is 0 Å². The molecule has 0 radical (unpaired) electrons. The molecule has 0 aromatic carbocycles. The third-order valence-electron chi connectivity index (χ3n) is 1.15. The zero-order valence-corrected chi connectivity index (χ0v) is 6.31. The second kappa shape index (κ2) is 2.77. The van der Waals surface area contributed by atoms with Crippen LogP contribution in [0.25, 0.3) is 0 Å². The summed E-state index contributed by atoms with van der Waals surface area (Å²) in [5, 5.41) is 0. The van der Waals surface area contributed by atoms with Crippen molar-refractivity contribution in [1.82, 2.24) is 0 Å². The fourth-order valence-corrected chi connectivity index (χ4v) is 1.58. The first-order valence-electron chi connectivity index (χ1n) is 2.94. The highest BCUT2D eigenvalue weighted by atomic mass is 32.2. The van der Waals surface area contributed by atoms with E-state index in [1.807, 2.05) is 13.8 Å². The van der Waals surface area contributed by atoms with Crippen LogP contribution in [-0.4, -0.2) is 16.4 Å². The maximum Gasteiger partial charge on any atom is 0.305 e. The summed E-state index contributed by atoms with van der Waals surface area (Å²) in [4.78, 5) is 0. The summed E-state index contributed by atoms with van der Waals surface area (Å²) in [5.41, 5.74) is 0. The van der Waals surface area contributed by atoms with Crippen molar-refractivity contribution < 1.29 is 12.6 Å². The number of hydrogen-bond donors (Lipinski definition) is 0. The van der Waals surface area contributed by atoms with E-state index in [0.717, 1.165) is 6.42 Å². The molecule has 1 heterocycles. The topological polar surface area (TPSA) is 35.5 Å². The van der Waals surface area contributed by atoms with Gasteiger partial charge in [-0.05, 0) is 13.8 Å². The Balaban J connectivity index is 2.43. The summed E-state index contributed by atoms with van der Waals surface area (Å²) in [6, 6.07) is 0. The highest BCUT2D eigenvalue weighted by molar-refractivity contribution is 7.75. The quantitative estimate of drug-likeness (QED) is 0.512. The van der Waals surface area contributed by atoms with Gasteiger partial charge in [0.2, 0.25) is 0 Å². The second-order valence-corrected chi connectivity index (χ2v) is 3.05. The number of rotatable bonds is 0. The van der Waals surface area contributed by atoms with E-state index in [4.69, 9.17) is 8.37 Å². The van der Waals surface area contributed by atoms with Crippen molar-refractivity contribution in [1.29, 1.82) is 0 Å². The molecule has 0 aromatic rings. The Labute approximate surface area is 57.2 Å². The SMILES string of the molecule is C[C@@H]1C[C@H](C)OS(=O)O1. The van der Waals surface area contributed by atoms with Gasteiger partial charge in [-0.2, -0.15) is 4.21 Å². The van der Waals surface area contributed by atoms with Crippen LogP contribution in [0.2, 0.25) is 0 Å². The van der Waals surface area contributed by atoms with Crippen molar-refractivity contribution in [2.75, 3.05) is 0 Å². The molecule has 54 valence electrons. The Morgan fingerprint density at radius 3 is 2.11 bits per heavy atom. The zero-order valence-electron chi connectivity index (χ0n) is 5.49. The highest BCUT2D eigenvalue weighted by Crippen LogP contribution is 2.15. The highest BCUT2D eigenvalue weighted by Gasteiger charge is 2.21. The minimum absolute atomic E-state index is 0.0644. The molecule has 0 N–H and O–H groups in total. The average molecular weight is 150 g/mol. The smallest absolute Gasteiger partial charge is 0.265 e. The van der Waals surface area contributed by atoms with E-state index >= 15 is 0 Å². The molecular formula is C5H10O3S. The normalized spacial score (nSPS) is 44.9. The first-order chi connectivity index (χ1) is 4.18. The van der Waals surface area contributed by atoms with E-state index in [1.54, 1.807) is 0 Å². The van der Waals surface area contributed by atoms with Crippen LogP contribution in [0.3, 0.4) is 0 Å². The summed E-state index contributed by atoms with van der Waals surface area (Å²) in [5.74, 6) is 0. The van der Waals surface area contributed by atoms with Gasteiger partial charge in [-0.25, -0.2) is 0 Å². The van der Waals surface area contributed by atoms with Gasteiger partial charge in [-0.15, -0.1) is 0 Å². The van der Waals surface area contributed by atoms with Crippen molar-refractivity contribution >= 4 is 11.4 Å². The van der Waals surface area contributed by atoms with Crippen LogP contribution in [0.5, 0.6) is 0 Å². The Hall–Kier alpha value is 0.0700. The van der Waals surface area contributed by atoms with Crippen LogP contribution >= 0.6 is 0 Å². The van der Waals surface area contributed by atoms with Gasteiger partial charge >= 0.3 is 11.4 Å². The van der Waals surface area contributed by atoms with E-state index in [0.29, 0.717) is 0 Å². The molecule has 1 aliphatic heterocycles. The van der Waals surface area contributed by atoms with Gasteiger partial charge in [0, 0.05) is 6.42 Å². The van der Waals surface area contributed by atoms with Crippen LogP contribution in [0.1, 0.15) is 20.3 Å². The molecule has 4 heteroatoms. The Morgan fingerprint density at radius 2 is 1.78 bits per heavy atom. The van der Waals surface area contributed by atoms with Crippen molar-refractivity contribution in [3.8, 4) is 0 Å². The average Bonchev–Trinajstić information content (AvgIpc) is 1.59. The molecule has 1 unspecified atom stereocenters. The Bertz CT molecular complexity index is 113. The van der Waals surface area contributed by atoms with Crippen molar-refractivity contribution in [3.05, 3.63) is 0 Å². The third-order valence-corrected chi connectivity index (χ3v) is 2.12. The predicted octanol–water partition coefficient (Wildman–Crippen LogP) is 0.779. The molecule has 1 fully saturated rings. The van der Waals surface area contributed by atoms with Gasteiger partial charge in [0.05, 0.1) is 12.2 Å². The molecule has 0 aromatic heterocycles. The molecule has 0 saturated carbocycles. The van der Waals surface area contributed by atoms with Crippen molar-refractivity contribution in [2.24, 2.45) is 0 Å². The van der Waals surface area contributed by atoms with Gasteiger partial charge in [-0.1, -0.05) is 0 Å². The molecule has 3 nitrogen and oxygen atoms in total. The maximum atomic E-state index is 10.6. The standard InChI is InChI=1S/C5H10O3S/c1-4-3-5(2)8-9(6)7-4/h4-5H,3H2,1-2H3/t4-,5+,9?. The Kier molecular flexibility index (Phi) is 2.21. The summed E-state index contributed by atoms with van der Waals surface area (Å²) in [6.45, 7) is 3.77. The molecule has 3 atom stereocenters. The molecule has 0 bridgehead atoms. The van der Waals surface area contributed by atoms with Crippen LogP contribution in [0.4, 0.5) is 0 Å². The van der Waals surface area contributed by atoms with E-state index < -0.39 is 11.4 Å². The van der Waals surface area contributed by atoms with Gasteiger partial charge in [-0.3, -0.25) is 8.37 Å². The van der Waals surface area contributed by atoms with Crippen molar-refractivity contribution in [2.45, 2.75) is 32.5 Å². The van der Waals surface area contributed by atoms with Crippen LogP contribution < -0.4 is 0 Å². The Morgan fingerprint density at radius 1 is 1.33 bits per heavy atom. The van der Waals surface area contributed by atoms with Crippen LogP contribution in [0.15, 0.2) is 0 Å². The minimum atomic E-state index is -1.50. The molecule has 0 spiro atoms. The predicted molar refractivity (Wildman–Crippen MR) is 33.9 cm³/mol. The largest absolute Gasteiger partial charge is 0.305 e. The summed E-state index contributed by atoms with van der Waals surface area (Å²) in [6.07, 6.45) is 0.954. The van der Waals surface area contributed by atoms with E-state index in [-0.39, 0.29) is 12.2 Å². The van der Waals surface area contributed by atoms with Crippen LogP contribution in [-0.2, 0) is 19.7 Å². The van der Waals surface area contributed by atoms with Crippen molar-refractivity contribution in [3.63, 3.8) is 0 Å². The lowest BCUT2D eigenvalue weighted by molar-refractivity contribution is 0.0777. The molecule has 0 amide bonds. The summed E-state index contributed by atoms with van der Waals surface area (Å²) < 4.78 is 20.2. The van der Waals surface area contributed by atoms with E-state index in [2.05, 4.69) is 0 Å². The van der Waals surface area contributed by atoms with Gasteiger partial charge < -0.3 is 0 Å². The number of hydrogen-bond acceptors (Lipinski definition) is 3. The molecule has 9 heavy (non-hydrogen) atoms. The van der Waals surface area contributed by atoms with Crippen LogP contribution in [0, 0.1) is 0 Å². The van der Waals surface area contributed by atoms with E-state index in [1.165, 1.54) is 0 Å². The summed E-state index contributed by atoms with van der Waals surface area (Å²) in [7, 11) is 0. The zero-order chi connectivity index (χ0) is 6.85. The minimum Gasteiger partial charge on any atom is -0.265 e. The third kappa shape index (κ3) is 2.04. The lowest BCUT2D eigenvalue weighted by Crippen LogP contribution is -2.27. The summed E-state index contributed by atoms with van der Waals surface area (Å²) >= 11 is -1.50. The first kappa shape index (κ1) is 7.18. The van der Waals surface area contributed by atoms with Gasteiger partial charge in [0.1, 0.15) is 0 Å². The molecule has 1 saturated heterocycles. The second-order valence-electron chi connectivity index (χ2n) is 2.25. The molecule has 1 rings (SSSR count).